The molecule has 0 saturated carbocycles. The zero-order valence-corrected chi connectivity index (χ0v) is 21.3. The molecule has 0 aliphatic carbocycles. The topological polar surface area (TPSA) is 111 Å². The Labute approximate surface area is 210 Å². The summed E-state index contributed by atoms with van der Waals surface area (Å²) in [5.74, 6) is -0.0301. The van der Waals surface area contributed by atoms with Crippen LogP contribution in [0.25, 0.3) is 11.3 Å². The lowest BCUT2D eigenvalue weighted by Gasteiger charge is -2.16. The van der Waals surface area contributed by atoms with Crippen molar-refractivity contribution in [2.75, 3.05) is 12.4 Å². The van der Waals surface area contributed by atoms with Gasteiger partial charge in [0.25, 0.3) is 0 Å². The third-order valence-electron chi connectivity index (χ3n) is 5.56. The monoisotopic (exact) mass is 505 g/mol. The van der Waals surface area contributed by atoms with Gasteiger partial charge in [0.15, 0.2) is 10.8 Å². The summed E-state index contributed by atoms with van der Waals surface area (Å²) in [6.07, 6.45) is 1.32. The number of ether oxygens (including phenoxy) is 2. The predicted molar refractivity (Wildman–Crippen MR) is 137 cm³/mol. The van der Waals surface area contributed by atoms with E-state index in [4.69, 9.17) is 9.47 Å². The number of sulfone groups is 1. The van der Waals surface area contributed by atoms with Crippen LogP contribution in [0.15, 0.2) is 65.8 Å². The number of carbonyl (C=O) groups excluding carboxylic acids is 1. The molecule has 9 heteroatoms. The van der Waals surface area contributed by atoms with E-state index >= 15 is 0 Å². The van der Waals surface area contributed by atoms with Crippen molar-refractivity contribution in [2.24, 2.45) is 0 Å². The molecular formula is C27H27N3O5S. The number of aryl methyl sites for hydroxylation is 3. The third kappa shape index (κ3) is 5.46. The highest BCUT2D eigenvalue weighted by molar-refractivity contribution is 7.92. The van der Waals surface area contributed by atoms with Gasteiger partial charge in [0.2, 0.25) is 15.7 Å². The quantitative estimate of drug-likeness (QED) is 0.310. The molecule has 2 heterocycles. The van der Waals surface area contributed by atoms with E-state index in [9.17, 15) is 13.2 Å². The van der Waals surface area contributed by atoms with Crippen molar-refractivity contribution >= 4 is 15.6 Å². The number of H-pyrrole nitrogens is 1. The van der Waals surface area contributed by atoms with Crippen molar-refractivity contribution in [3.63, 3.8) is 0 Å². The number of benzene rings is 2. The first-order valence-electron chi connectivity index (χ1n) is 11.4. The molecular weight excluding hydrogens is 478 g/mol. The maximum absolute atomic E-state index is 13.2. The molecule has 0 aliphatic heterocycles. The van der Waals surface area contributed by atoms with Gasteiger partial charge >= 0.3 is 0 Å². The number of aromatic amines is 1. The highest BCUT2D eigenvalue weighted by Crippen LogP contribution is 2.33. The lowest BCUT2D eigenvalue weighted by atomic mass is 10.1. The number of rotatable bonds is 9. The van der Waals surface area contributed by atoms with Gasteiger partial charge in [-0.1, -0.05) is 17.7 Å². The van der Waals surface area contributed by atoms with Crippen LogP contribution in [0.1, 0.15) is 34.0 Å². The van der Waals surface area contributed by atoms with Crippen LogP contribution in [0, 0.1) is 20.8 Å². The van der Waals surface area contributed by atoms with E-state index in [1.54, 1.807) is 12.1 Å². The predicted octanol–water partition coefficient (Wildman–Crippen LogP) is 5.24. The SMILES string of the molecule is CCOc1ccc(-c2ccc(C(=O)CS(=O)(=O)c3ccn[nH]3)c(Oc3c(C)cc(C)cc3C)n2)cc1. The van der Waals surface area contributed by atoms with Gasteiger partial charge in [-0.2, -0.15) is 5.10 Å². The van der Waals surface area contributed by atoms with Gasteiger partial charge in [-0.25, -0.2) is 13.4 Å². The summed E-state index contributed by atoms with van der Waals surface area (Å²) in [5.41, 5.74) is 4.28. The average Bonchev–Trinajstić information content (AvgIpc) is 3.38. The van der Waals surface area contributed by atoms with E-state index in [1.807, 2.05) is 64.1 Å². The number of pyridine rings is 1. The minimum atomic E-state index is -3.91. The summed E-state index contributed by atoms with van der Waals surface area (Å²) in [6, 6.07) is 15.9. The normalized spacial score (nSPS) is 11.3. The molecule has 4 rings (SSSR count). The number of nitrogens with zero attached hydrogens (tertiary/aromatic N) is 2. The van der Waals surface area contributed by atoms with Crippen LogP contribution in [0.4, 0.5) is 0 Å². The fourth-order valence-corrected chi connectivity index (χ4v) is 5.06. The Bertz CT molecular complexity index is 1470. The number of carbonyl (C=O) groups is 1. The molecule has 2 aromatic heterocycles. The van der Waals surface area contributed by atoms with E-state index in [0.717, 1.165) is 28.0 Å². The summed E-state index contributed by atoms with van der Waals surface area (Å²) >= 11 is 0. The molecule has 4 aromatic rings. The number of nitrogens with one attached hydrogen (secondary N) is 1. The number of ketones is 1. The zero-order valence-electron chi connectivity index (χ0n) is 20.5. The molecule has 0 atom stereocenters. The van der Waals surface area contributed by atoms with E-state index in [2.05, 4.69) is 15.2 Å². The molecule has 0 fully saturated rings. The fraction of sp³-hybridized carbons (Fsp3) is 0.222. The average molecular weight is 506 g/mol. The maximum atomic E-state index is 13.2. The smallest absolute Gasteiger partial charge is 0.230 e. The van der Waals surface area contributed by atoms with Gasteiger partial charge in [0.05, 0.1) is 24.1 Å². The van der Waals surface area contributed by atoms with Gasteiger partial charge in [-0.05, 0) is 81.3 Å². The largest absolute Gasteiger partial charge is 0.494 e. The Morgan fingerprint density at radius 2 is 1.67 bits per heavy atom. The second-order valence-electron chi connectivity index (χ2n) is 8.44. The van der Waals surface area contributed by atoms with Crippen LogP contribution >= 0.6 is 0 Å². The van der Waals surface area contributed by atoms with Gasteiger partial charge in [-0.15, -0.1) is 0 Å². The Hall–Kier alpha value is -3.98. The molecule has 0 saturated heterocycles. The van der Waals surface area contributed by atoms with Crippen LogP contribution in [-0.2, 0) is 9.84 Å². The minimum Gasteiger partial charge on any atom is -0.494 e. The van der Waals surface area contributed by atoms with Crippen molar-refractivity contribution in [3.8, 4) is 28.6 Å². The lowest BCUT2D eigenvalue weighted by Crippen LogP contribution is -2.18. The molecule has 186 valence electrons. The Morgan fingerprint density at radius 3 is 2.28 bits per heavy atom. The molecule has 0 amide bonds. The van der Waals surface area contributed by atoms with E-state index in [1.165, 1.54) is 12.3 Å². The van der Waals surface area contributed by atoms with Gasteiger partial charge < -0.3 is 9.47 Å². The molecule has 0 unspecified atom stereocenters. The minimum absolute atomic E-state index is 0.0428. The summed E-state index contributed by atoms with van der Waals surface area (Å²) in [4.78, 5) is 17.8. The second kappa shape index (κ2) is 10.3. The Kier molecular flexibility index (Phi) is 7.21. The molecule has 8 nitrogen and oxygen atoms in total. The van der Waals surface area contributed by atoms with Crippen LogP contribution in [-0.4, -0.2) is 41.7 Å². The maximum Gasteiger partial charge on any atom is 0.230 e. The standard InChI is InChI=1S/C27H27N3O5S/c1-5-34-21-8-6-20(7-9-21)23-11-10-22(24(31)16-36(32,33)25-12-13-28-30-25)27(29-23)35-26-18(3)14-17(2)15-19(26)4/h6-15H,5,16H2,1-4H3,(H,28,30). The summed E-state index contributed by atoms with van der Waals surface area (Å²) in [6.45, 7) is 8.29. The lowest BCUT2D eigenvalue weighted by molar-refractivity contribution is 0.101. The first-order chi connectivity index (χ1) is 17.2. The van der Waals surface area contributed by atoms with Crippen molar-refractivity contribution in [2.45, 2.75) is 32.7 Å². The molecule has 0 aliphatic rings. The van der Waals surface area contributed by atoms with E-state index < -0.39 is 21.4 Å². The molecule has 1 N–H and O–H groups in total. The van der Waals surface area contributed by atoms with Crippen LogP contribution < -0.4 is 9.47 Å². The highest BCUT2D eigenvalue weighted by Gasteiger charge is 2.25. The van der Waals surface area contributed by atoms with Crippen molar-refractivity contribution in [1.82, 2.24) is 15.2 Å². The number of hydrogen-bond donors (Lipinski definition) is 1. The van der Waals surface area contributed by atoms with Crippen LogP contribution in [0.3, 0.4) is 0 Å². The third-order valence-corrected chi connectivity index (χ3v) is 7.10. The first-order valence-corrected chi connectivity index (χ1v) is 13.1. The number of Topliss-reactive ketones (excluding diaryl/α,β-unsaturated/α-hetero) is 1. The van der Waals surface area contributed by atoms with Crippen molar-refractivity contribution in [3.05, 3.63) is 83.0 Å². The fourth-order valence-electron chi connectivity index (χ4n) is 3.95. The number of aromatic nitrogens is 3. The summed E-state index contributed by atoms with van der Waals surface area (Å²) in [7, 11) is -3.91. The van der Waals surface area contributed by atoms with Crippen LogP contribution in [0.5, 0.6) is 17.4 Å². The molecule has 2 aromatic carbocycles. The van der Waals surface area contributed by atoms with Gasteiger partial charge in [0, 0.05) is 5.56 Å². The van der Waals surface area contributed by atoms with E-state index in [0.29, 0.717) is 18.1 Å². The Morgan fingerprint density at radius 1 is 0.972 bits per heavy atom. The van der Waals surface area contributed by atoms with Gasteiger partial charge in [-0.3, -0.25) is 9.89 Å². The molecule has 0 bridgehead atoms. The molecule has 0 spiro atoms. The number of hydrogen-bond acceptors (Lipinski definition) is 7. The summed E-state index contributed by atoms with van der Waals surface area (Å²) in [5, 5.41) is 5.95. The van der Waals surface area contributed by atoms with E-state index in [-0.39, 0.29) is 16.5 Å². The zero-order chi connectivity index (χ0) is 25.9. The Balaban J connectivity index is 1.75. The summed E-state index contributed by atoms with van der Waals surface area (Å²) < 4.78 is 37.1. The van der Waals surface area contributed by atoms with Crippen molar-refractivity contribution in [1.29, 1.82) is 0 Å². The molecule has 0 radical (unpaired) electrons. The second-order valence-corrected chi connectivity index (χ2v) is 10.4. The highest BCUT2D eigenvalue weighted by atomic mass is 32.2. The first kappa shape index (κ1) is 25.1. The van der Waals surface area contributed by atoms with Crippen molar-refractivity contribution < 1.29 is 22.7 Å². The van der Waals surface area contributed by atoms with Gasteiger partial charge in [0.1, 0.15) is 17.3 Å². The molecule has 36 heavy (non-hydrogen) atoms. The van der Waals surface area contributed by atoms with Crippen LogP contribution in [0.2, 0.25) is 0 Å².